The normalized spacial score (nSPS) is 15.5. The Hall–Kier alpha value is -0.420. The standard InChI is InChI=1S/C4H9NO3/c1-2-3(5)4(6,7)8/h2-3,6-8H,1,5H2. The molecule has 0 aromatic carbocycles. The first-order valence-corrected chi connectivity index (χ1v) is 2.03. The molecular formula is C4H9NO3. The Morgan fingerprint density at radius 3 is 1.88 bits per heavy atom. The highest BCUT2D eigenvalue weighted by Crippen LogP contribution is 1.97. The maximum absolute atomic E-state index is 8.20. The second-order valence-electron chi connectivity index (χ2n) is 1.45. The number of aliphatic hydroxyl groups is 3. The number of nitrogens with two attached hydrogens (primary N) is 1. The van der Waals surface area contributed by atoms with Crippen LogP contribution in [0.15, 0.2) is 12.7 Å². The second kappa shape index (κ2) is 2.23. The summed E-state index contributed by atoms with van der Waals surface area (Å²) in [6.07, 6.45) is 1.03. The molecule has 0 aliphatic carbocycles. The van der Waals surface area contributed by atoms with Crippen molar-refractivity contribution in [1.29, 1.82) is 0 Å². The van der Waals surface area contributed by atoms with Crippen molar-refractivity contribution in [3.63, 3.8) is 0 Å². The molecule has 0 aromatic rings. The van der Waals surface area contributed by atoms with Crippen molar-refractivity contribution in [1.82, 2.24) is 0 Å². The van der Waals surface area contributed by atoms with Gasteiger partial charge in [0.25, 0.3) is 5.97 Å². The molecule has 0 spiro atoms. The van der Waals surface area contributed by atoms with Crippen LogP contribution < -0.4 is 5.73 Å². The van der Waals surface area contributed by atoms with E-state index in [0.717, 1.165) is 6.08 Å². The van der Waals surface area contributed by atoms with Gasteiger partial charge in [-0.15, -0.1) is 6.58 Å². The van der Waals surface area contributed by atoms with Gasteiger partial charge in [0, 0.05) is 0 Å². The van der Waals surface area contributed by atoms with Crippen LogP contribution in [0.2, 0.25) is 0 Å². The molecule has 0 saturated carbocycles. The summed E-state index contributed by atoms with van der Waals surface area (Å²) in [6.45, 7) is 3.12. The summed E-state index contributed by atoms with van der Waals surface area (Å²) in [5, 5.41) is 24.6. The fourth-order valence-electron chi connectivity index (χ4n) is 0.158. The first-order chi connectivity index (χ1) is 3.48. The van der Waals surface area contributed by atoms with E-state index < -0.39 is 12.0 Å². The summed E-state index contributed by atoms with van der Waals surface area (Å²) in [7, 11) is 0. The summed E-state index contributed by atoms with van der Waals surface area (Å²) < 4.78 is 0. The van der Waals surface area contributed by atoms with E-state index in [9.17, 15) is 0 Å². The van der Waals surface area contributed by atoms with Crippen LogP contribution in [0.4, 0.5) is 0 Å². The van der Waals surface area contributed by atoms with E-state index in [1.54, 1.807) is 0 Å². The average molecular weight is 119 g/mol. The highest BCUT2D eigenvalue weighted by atomic mass is 16.7. The average Bonchev–Trinajstić information content (AvgIpc) is 1.62. The molecular weight excluding hydrogens is 110 g/mol. The summed E-state index contributed by atoms with van der Waals surface area (Å²) in [5.41, 5.74) is 4.88. The van der Waals surface area contributed by atoms with Crippen molar-refractivity contribution < 1.29 is 15.3 Å². The van der Waals surface area contributed by atoms with Crippen molar-refractivity contribution >= 4 is 0 Å². The Balaban J connectivity index is 3.80. The van der Waals surface area contributed by atoms with E-state index in [1.165, 1.54) is 0 Å². The van der Waals surface area contributed by atoms with Crippen LogP contribution in [0, 0.1) is 0 Å². The topological polar surface area (TPSA) is 86.7 Å². The lowest BCUT2D eigenvalue weighted by molar-refractivity contribution is -0.315. The molecule has 0 heterocycles. The highest BCUT2D eigenvalue weighted by molar-refractivity contribution is 4.86. The van der Waals surface area contributed by atoms with E-state index in [1.807, 2.05) is 0 Å². The van der Waals surface area contributed by atoms with Crippen molar-refractivity contribution in [2.75, 3.05) is 0 Å². The number of hydrogen-bond donors (Lipinski definition) is 4. The summed E-state index contributed by atoms with van der Waals surface area (Å²) in [4.78, 5) is 0. The quantitative estimate of drug-likeness (QED) is 0.253. The number of hydrogen-bond acceptors (Lipinski definition) is 4. The molecule has 48 valence electrons. The third-order valence-electron chi connectivity index (χ3n) is 0.701. The van der Waals surface area contributed by atoms with E-state index in [4.69, 9.17) is 21.1 Å². The van der Waals surface area contributed by atoms with Crippen LogP contribution in [0.25, 0.3) is 0 Å². The Morgan fingerprint density at radius 1 is 1.50 bits per heavy atom. The molecule has 4 nitrogen and oxygen atoms in total. The first-order valence-electron chi connectivity index (χ1n) is 2.03. The van der Waals surface area contributed by atoms with Gasteiger partial charge in [0.1, 0.15) is 6.04 Å². The van der Waals surface area contributed by atoms with E-state index in [0.29, 0.717) is 0 Å². The zero-order chi connectivity index (χ0) is 6.78. The molecule has 0 aliphatic rings. The van der Waals surface area contributed by atoms with Gasteiger partial charge in [0.15, 0.2) is 0 Å². The molecule has 0 bridgehead atoms. The van der Waals surface area contributed by atoms with Gasteiger partial charge in [0.2, 0.25) is 0 Å². The third-order valence-corrected chi connectivity index (χ3v) is 0.701. The van der Waals surface area contributed by atoms with Crippen molar-refractivity contribution in [3.8, 4) is 0 Å². The van der Waals surface area contributed by atoms with Crippen LogP contribution in [-0.4, -0.2) is 27.3 Å². The predicted octanol–water partition coefficient (Wildman–Crippen LogP) is -1.87. The molecule has 0 amide bonds. The molecule has 0 rings (SSSR count). The maximum atomic E-state index is 8.20. The van der Waals surface area contributed by atoms with Crippen LogP contribution in [0.3, 0.4) is 0 Å². The van der Waals surface area contributed by atoms with Gasteiger partial charge in [-0.2, -0.15) is 0 Å². The van der Waals surface area contributed by atoms with Gasteiger partial charge in [-0.25, -0.2) is 0 Å². The third kappa shape index (κ3) is 2.04. The van der Waals surface area contributed by atoms with Crippen LogP contribution >= 0.6 is 0 Å². The maximum Gasteiger partial charge on any atom is 0.295 e. The largest absolute Gasteiger partial charge is 0.342 e. The summed E-state index contributed by atoms with van der Waals surface area (Å²) >= 11 is 0. The van der Waals surface area contributed by atoms with Gasteiger partial charge in [-0.1, -0.05) is 6.08 Å². The Kier molecular flexibility index (Phi) is 2.12. The lowest BCUT2D eigenvalue weighted by Gasteiger charge is -2.17. The molecule has 0 radical (unpaired) electrons. The van der Waals surface area contributed by atoms with E-state index in [-0.39, 0.29) is 0 Å². The molecule has 5 N–H and O–H groups in total. The molecule has 8 heavy (non-hydrogen) atoms. The Labute approximate surface area is 46.9 Å². The molecule has 0 fully saturated rings. The minimum Gasteiger partial charge on any atom is -0.342 e. The van der Waals surface area contributed by atoms with Crippen LogP contribution in [0.5, 0.6) is 0 Å². The lowest BCUT2D eigenvalue weighted by Crippen LogP contribution is -2.46. The minimum absolute atomic E-state index is 1.03. The molecule has 1 unspecified atom stereocenters. The molecule has 1 atom stereocenters. The molecule has 0 aromatic heterocycles. The van der Waals surface area contributed by atoms with Gasteiger partial charge in [0.05, 0.1) is 0 Å². The molecule has 0 saturated heterocycles. The monoisotopic (exact) mass is 119 g/mol. The second-order valence-corrected chi connectivity index (χ2v) is 1.45. The fraction of sp³-hybridized carbons (Fsp3) is 0.500. The Bertz CT molecular complexity index is 85.8. The van der Waals surface area contributed by atoms with Gasteiger partial charge >= 0.3 is 0 Å². The molecule has 0 aliphatic heterocycles. The first kappa shape index (κ1) is 7.58. The van der Waals surface area contributed by atoms with Crippen molar-refractivity contribution in [3.05, 3.63) is 12.7 Å². The van der Waals surface area contributed by atoms with Crippen molar-refractivity contribution in [2.45, 2.75) is 12.0 Å². The van der Waals surface area contributed by atoms with Crippen LogP contribution in [-0.2, 0) is 0 Å². The number of rotatable bonds is 2. The predicted molar refractivity (Wildman–Crippen MR) is 27.6 cm³/mol. The SMILES string of the molecule is C=CC(N)C(O)(O)O. The molecule has 4 heteroatoms. The fourth-order valence-corrected chi connectivity index (χ4v) is 0.158. The zero-order valence-electron chi connectivity index (χ0n) is 4.28. The summed E-state index contributed by atoms with van der Waals surface area (Å²) in [6, 6.07) is -1.22. The van der Waals surface area contributed by atoms with Gasteiger partial charge in [-0.3, -0.25) is 0 Å². The lowest BCUT2D eigenvalue weighted by atomic mass is 10.3. The zero-order valence-corrected chi connectivity index (χ0v) is 4.28. The van der Waals surface area contributed by atoms with Crippen LogP contribution in [0.1, 0.15) is 0 Å². The van der Waals surface area contributed by atoms with Crippen molar-refractivity contribution in [2.24, 2.45) is 5.73 Å². The smallest absolute Gasteiger partial charge is 0.295 e. The van der Waals surface area contributed by atoms with E-state index in [2.05, 4.69) is 6.58 Å². The minimum atomic E-state index is -2.83. The Morgan fingerprint density at radius 2 is 1.88 bits per heavy atom. The van der Waals surface area contributed by atoms with E-state index >= 15 is 0 Å². The van der Waals surface area contributed by atoms with Gasteiger partial charge in [-0.05, 0) is 0 Å². The van der Waals surface area contributed by atoms with Gasteiger partial charge < -0.3 is 21.1 Å². The highest BCUT2D eigenvalue weighted by Gasteiger charge is 2.25. The summed E-state index contributed by atoms with van der Waals surface area (Å²) in [5.74, 6) is -2.83.